The van der Waals surface area contributed by atoms with Crippen LogP contribution in [0.1, 0.15) is 22.9 Å². The number of hydrogen-bond donors (Lipinski definition) is 0. The first kappa shape index (κ1) is 24.1. The van der Waals surface area contributed by atoms with Gasteiger partial charge < -0.3 is 4.42 Å². The average molecular weight is 551 g/mol. The molecule has 7 aromatic rings. The topological polar surface area (TPSA) is 38.4 Å². The van der Waals surface area contributed by atoms with Crippen LogP contribution in [-0.4, -0.2) is 10.7 Å². The van der Waals surface area contributed by atoms with Crippen molar-refractivity contribution < 1.29 is 4.42 Å². The number of para-hydroxylation sites is 2. The normalized spacial score (nSPS) is 17.3. The van der Waals surface area contributed by atoms with Crippen molar-refractivity contribution in [2.45, 2.75) is 6.04 Å². The van der Waals surface area contributed by atoms with E-state index in [4.69, 9.17) is 14.4 Å². The first-order valence-electron chi connectivity index (χ1n) is 14.7. The predicted octanol–water partition coefficient (Wildman–Crippen LogP) is 10.2. The molecule has 1 aliphatic heterocycles. The molecule has 3 heteroatoms. The quantitative estimate of drug-likeness (QED) is 0.219. The summed E-state index contributed by atoms with van der Waals surface area (Å²) in [5.41, 5.74) is 10.4. The van der Waals surface area contributed by atoms with Gasteiger partial charge in [-0.05, 0) is 46.2 Å². The highest BCUT2D eigenvalue weighted by Crippen LogP contribution is 2.40. The maximum absolute atomic E-state index is 6.29. The Kier molecular flexibility index (Phi) is 5.32. The molecular formula is C40H26N2O. The molecule has 0 amide bonds. The lowest BCUT2D eigenvalue weighted by atomic mass is 9.85. The second-order valence-corrected chi connectivity index (χ2v) is 11.3. The molecule has 9 rings (SSSR count). The van der Waals surface area contributed by atoms with Crippen LogP contribution in [0.3, 0.4) is 0 Å². The van der Waals surface area contributed by atoms with Crippen molar-refractivity contribution in [1.29, 1.82) is 0 Å². The number of furan rings is 1. The van der Waals surface area contributed by atoms with Crippen molar-refractivity contribution in [2.75, 3.05) is 0 Å². The second kappa shape index (κ2) is 9.50. The van der Waals surface area contributed by atoms with Crippen LogP contribution in [0, 0.1) is 5.92 Å². The number of hydrogen-bond acceptors (Lipinski definition) is 3. The molecule has 0 N–H and O–H groups in total. The average Bonchev–Trinajstić information content (AvgIpc) is 3.47. The number of aliphatic imine (C=N–C) groups is 1. The SMILES string of the molecule is C1=CC2C=Cc3ccc(-c4ccc(-c5cccc6c5oc5ccccc56)cc4)nc3C2N=C1c1ccc2ccccc2c1. The number of rotatable bonds is 3. The third kappa shape index (κ3) is 3.97. The molecule has 2 atom stereocenters. The van der Waals surface area contributed by atoms with Crippen LogP contribution in [0.2, 0.25) is 0 Å². The fraction of sp³-hybridized carbons (Fsp3) is 0.0500. The molecule has 43 heavy (non-hydrogen) atoms. The Labute approximate surface area is 249 Å². The summed E-state index contributed by atoms with van der Waals surface area (Å²) in [6, 6.07) is 42.5. The van der Waals surface area contributed by atoms with Crippen molar-refractivity contribution in [2.24, 2.45) is 10.9 Å². The number of dihydropyridines is 1. The number of allylic oxidation sites excluding steroid dienone is 1. The molecule has 2 aliphatic rings. The second-order valence-electron chi connectivity index (χ2n) is 11.3. The van der Waals surface area contributed by atoms with Crippen LogP contribution in [0.25, 0.3) is 61.2 Å². The molecule has 1 aliphatic carbocycles. The van der Waals surface area contributed by atoms with Crippen molar-refractivity contribution in [3.05, 3.63) is 156 Å². The Bertz CT molecular complexity index is 2300. The van der Waals surface area contributed by atoms with Gasteiger partial charge in [0, 0.05) is 33.4 Å². The predicted molar refractivity (Wildman–Crippen MR) is 177 cm³/mol. The zero-order valence-corrected chi connectivity index (χ0v) is 23.3. The Balaban J connectivity index is 1.07. The van der Waals surface area contributed by atoms with Gasteiger partial charge in [0.05, 0.1) is 17.1 Å². The fourth-order valence-corrected chi connectivity index (χ4v) is 6.55. The molecule has 0 saturated heterocycles. The lowest BCUT2D eigenvalue weighted by Crippen LogP contribution is -2.19. The zero-order valence-electron chi connectivity index (χ0n) is 23.3. The molecule has 3 heterocycles. The van der Waals surface area contributed by atoms with E-state index in [2.05, 4.69) is 133 Å². The number of pyridine rings is 1. The smallest absolute Gasteiger partial charge is 0.143 e. The van der Waals surface area contributed by atoms with E-state index in [0.29, 0.717) is 0 Å². The number of benzene rings is 5. The fourth-order valence-electron chi connectivity index (χ4n) is 6.55. The summed E-state index contributed by atoms with van der Waals surface area (Å²) in [6.07, 6.45) is 8.86. The monoisotopic (exact) mass is 550 g/mol. The van der Waals surface area contributed by atoms with Gasteiger partial charge in [0.1, 0.15) is 17.2 Å². The van der Waals surface area contributed by atoms with Crippen molar-refractivity contribution in [1.82, 2.24) is 4.98 Å². The minimum atomic E-state index is -0.0450. The summed E-state index contributed by atoms with van der Waals surface area (Å²) in [5.74, 6) is 0.200. The highest BCUT2D eigenvalue weighted by Gasteiger charge is 2.29. The third-order valence-electron chi connectivity index (χ3n) is 8.80. The van der Waals surface area contributed by atoms with E-state index in [1.807, 2.05) is 12.1 Å². The van der Waals surface area contributed by atoms with Gasteiger partial charge in [-0.2, -0.15) is 0 Å². The van der Waals surface area contributed by atoms with Gasteiger partial charge in [-0.1, -0.05) is 121 Å². The molecular weight excluding hydrogens is 524 g/mol. The van der Waals surface area contributed by atoms with E-state index < -0.39 is 0 Å². The number of aromatic nitrogens is 1. The van der Waals surface area contributed by atoms with E-state index >= 15 is 0 Å². The van der Waals surface area contributed by atoms with Crippen LogP contribution in [0.5, 0.6) is 0 Å². The molecule has 0 spiro atoms. The molecule has 0 fully saturated rings. The van der Waals surface area contributed by atoms with E-state index in [9.17, 15) is 0 Å². The summed E-state index contributed by atoms with van der Waals surface area (Å²) in [7, 11) is 0. The lowest BCUT2D eigenvalue weighted by Gasteiger charge is -2.28. The highest BCUT2D eigenvalue weighted by molar-refractivity contribution is 6.11. The maximum atomic E-state index is 6.29. The van der Waals surface area contributed by atoms with Crippen LogP contribution >= 0.6 is 0 Å². The van der Waals surface area contributed by atoms with Crippen LogP contribution in [0.15, 0.2) is 149 Å². The minimum Gasteiger partial charge on any atom is -0.455 e. The summed E-state index contributed by atoms with van der Waals surface area (Å²) in [4.78, 5) is 10.5. The summed E-state index contributed by atoms with van der Waals surface area (Å²) in [6.45, 7) is 0. The van der Waals surface area contributed by atoms with Crippen LogP contribution in [-0.2, 0) is 0 Å². The van der Waals surface area contributed by atoms with Gasteiger partial charge in [-0.25, -0.2) is 4.98 Å². The molecule has 0 bridgehead atoms. The summed E-state index contributed by atoms with van der Waals surface area (Å²) < 4.78 is 6.29. The number of nitrogens with zero attached hydrogens (tertiary/aromatic N) is 2. The van der Waals surface area contributed by atoms with E-state index in [-0.39, 0.29) is 12.0 Å². The van der Waals surface area contributed by atoms with Crippen LogP contribution < -0.4 is 0 Å². The van der Waals surface area contributed by atoms with Gasteiger partial charge in [-0.15, -0.1) is 0 Å². The first-order valence-corrected chi connectivity index (χ1v) is 14.7. The van der Waals surface area contributed by atoms with Gasteiger partial charge in [0.25, 0.3) is 0 Å². The largest absolute Gasteiger partial charge is 0.455 e. The molecule has 2 aromatic heterocycles. The van der Waals surface area contributed by atoms with Crippen molar-refractivity contribution in [3.8, 4) is 22.4 Å². The molecule has 0 saturated carbocycles. The zero-order chi connectivity index (χ0) is 28.3. The Hall–Kier alpha value is -5.54. The standard InChI is InChI=1S/C40H26N2O/c1-2-7-30-24-31(19-12-25(30)6-1)36-23-21-29-18-17-28-20-22-35(41-38(28)39(29)42-36)27-15-13-26(14-16-27)32-9-5-10-34-33-8-3-4-11-37(33)43-40(32)34/h1-24,29,39H. The maximum Gasteiger partial charge on any atom is 0.143 e. The number of fused-ring (bicyclic) bond motifs is 7. The Morgan fingerprint density at radius 1 is 0.581 bits per heavy atom. The lowest BCUT2D eigenvalue weighted by molar-refractivity contribution is 0.592. The Morgan fingerprint density at radius 2 is 1.35 bits per heavy atom. The summed E-state index contributed by atoms with van der Waals surface area (Å²) in [5, 5.41) is 4.75. The highest BCUT2D eigenvalue weighted by atomic mass is 16.3. The Morgan fingerprint density at radius 3 is 2.28 bits per heavy atom. The van der Waals surface area contributed by atoms with Crippen molar-refractivity contribution >= 4 is 44.5 Å². The van der Waals surface area contributed by atoms with E-state index in [0.717, 1.165) is 66.9 Å². The first-order chi connectivity index (χ1) is 21.3. The van der Waals surface area contributed by atoms with E-state index in [1.54, 1.807) is 0 Å². The minimum absolute atomic E-state index is 0.0450. The van der Waals surface area contributed by atoms with E-state index in [1.165, 1.54) is 10.8 Å². The molecule has 2 unspecified atom stereocenters. The molecule has 5 aromatic carbocycles. The van der Waals surface area contributed by atoms with Crippen LogP contribution in [0.4, 0.5) is 0 Å². The molecule has 0 radical (unpaired) electrons. The van der Waals surface area contributed by atoms with Gasteiger partial charge >= 0.3 is 0 Å². The van der Waals surface area contributed by atoms with Crippen molar-refractivity contribution in [3.63, 3.8) is 0 Å². The van der Waals surface area contributed by atoms with Gasteiger partial charge in [0.15, 0.2) is 0 Å². The molecule has 202 valence electrons. The van der Waals surface area contributed by atoms with Gasteiger partial charge in [-0.3, -0.25) is 4.99 Å². The molecule has 3 nitrogen and oxygen atoms in total. The summed E-state index contributed by atoms with van der Waals surface area (Å²) >= 11 is 0. The third-order valence-corrected chi connectivity index (χ3v) is 8.80. The van der Waals surface area contributed by atoms with Gasteiger partial charge in [0.2, 0.25) is 0 Å².